The number of carbonyl (C=O) groups is 2. The molecule has 0 amide bonds. The Labute approximate surface area is 195 Å². The standard InChI is InChI=1S/C29H25O3P/c30-21-24(20-23-12-4-1-5-13-23)22-32-29(31)27-18-10-11-19-28(27)33(25-14-6-2-7-15-25)26-16-8-3-9-17-26/h1-19,21,24H,20,22H2. The van der Waals surface area contributed by atoms with Gasteiger partial charge in [-0.15, -0.1) is 0 Å². The molecule has 0 aliphatic rings. The van der Waals surface area contributed by atoms with E-state index in [1.165, 1.54) is 0 Å². The van der Waals surface area contributed by atoms with Crippen LogP contribution in [0.25, 0.3) is 0 Å². The van der Waals surface area contributed by atoms with Crippen LogP contribution >= 0.6 is 7.92 Å². The highest BCUT2D eigenvalue weighted by atomic mass is 31.1. The molecule has 0 heterocycles. The predicted molar refractivity (Wildman–Crippen MR) is 135 cm³/mol. The van der Waals surface area contributed by atoms with Crippen LogP contribution in [0, 0.1) is 5.92 Å². The third-order valence-corrected chi connectivity index (χ3v) is 7.86. The SMILES string of the molecule is O=CC(COC(=O)c1ccccc1P(c1ccccc1)c1ccccc1)Cc1ccccc1. The van der Waals surface area contributed by atoms with E-state index in [1.807, 2.05) is 91.0 Å². The van der Waals surface area contributed by atoms with Crippen LogP contribution in [0.2, 0.25) is 0 Å². The number of ether oxygens (including phenoxy) is 1. The highest BCUT2D eigenvalue weighted by molar-refractivity contribution is 7.80. The monoisotopic (exact) mass is 452 g/mol. The fraction of sp³-hybridized carbons (Fsp3) is 0.103. The summed E-state index contributed by atoms with van der Waals surface area (Å²) in [5, 5.41) is 3.27. The number of esters is 1. The maximum absolute atomic E-state index is 13.2. The highest BCUT2D eigenvalue weighted by Gasteiger charge is 2.23. The van der Waals surface area contributed by atoms with Crippen molar-refractivity contribution in [1.82, 2.24) is 0 Å². The normalized spacial score (nSPS) is 11.7. The lowest BCUT2D eigenvalue weighted by molar-refractivity contribution is -0.112. The molecule has 4 aromatic carbocycles. The van der Waals surface area contributed by atoms with Crippen molar-refractivity contribution >= 4 is 36.1 Å². The molecule has 1 unspecified atom stereocenters. The lowest BCUT2D eigenvalue weighted by Gasteiger charge is -2.22. The molecular formula is C29H25O3P. The van der Waals surface area contributed by atoms with Gasteiger partial charge in [-0.3, -0.25) is 0 Å². The zero-order valence-corrected chi connectivity index (χ0v) is 19.1. The smallest absolute Gasteiger partial charge is 0.338 e. The zero-order valence-electron chi connectivity index (χ0n) is 18.2. The first-order chi connectivity index (χ1) is 16.3. The summed E-state index contributed by atoms with van der Waals surface area (Å²) in [6.45, 7) is 0.0557. The summed E-state index contributed by atoms with van der Waals surface area (Å²) in [6.07, 6.45) is 1.41. The second kappa shape index (κ2) is 11.4. The average Bonchev–Trinajstić information content (AvgIpc) is 2.89. The fourth-order valence-electron chi connectivity index (χ4n) is 3.75. The van der Waals surface area contributed by atoms with Crippen LogP contribution < -0.4 is 15.9 Å². The molecule has 0 aromatic heterocycles. The molecular weight excluding hydrogens is 427 g/mol. The molecule has 0 aliphatic carbocycles. The van der Waals surface area contributed by atoms with Crippen LogP contribution in [-0.2, 0) is 16.0 Å². The summed E-state index contributed by atoms with van der Waals surface area (Å²) in [5.74, 6) is -0.779. The molecule has 0 fully saturated rings. The maximum atomic E-state index is 13.2. The minimum atomic E-state index is -0.939. The van der Waals surface area contributed by atoms with Crippen molar-refractivity contribution in [3.8, 4) is 0 Å². The minimum Gasteiger partial charge on any atom is -0.461 e. The van der Waals surface area contributed by atoms with Gasteiger partial charge in [0, 0.05) is 0 Å². The number of carbonyl (C=O) groups excluding carboxylic acids is 2. The van der Waals surface area contributed by atoms with Gasteiger partial charge in [-0.1, -0.05) is 109 Å². The molecule has 4 rings (SSSR count). The summed E-state index contributed by atoms with van der Waals surface area (Å²) in [5.41, 5.74) is 1.59. The van der Waals surface area contributed by atoms with Gasteiger partial charge in [0.25, 0.3) is 0 Å². The van der Waals surface area contributed by atoms with Crippen LogP contribution in [0.15, 0.2) is 115 Å². The average molecular weight is 452 g/mol. The Kier molecular flexibility index (Phi) is 7.79. The first kappa shape index (κ1) is 22.6. The molecule has 33 heavy (non-hydrogen) atoms. The molecule has 0 saturated carbocycles. The minimum absolute atomic E-state index is 0.0557. The van der Waals surface area contributed by atoms with Crippen molar-refractivity contribution < 1.29 is 14.3 Å². The molecule has 0 spiro atoms. The van der Waals surface area contributed by atoms with E-state index in [-0.39, 0.29) is 12.5 Å². The number of hydrogen-bond acceptors (Lipinski definition) is 3. The van der Waals surface area contributed by atoms with Crippen LogP contribution in [0.5, 0.6) is 0 Å². The lowest BCUT2D eigenvalue weighted by atomic mass is 10.0. The Morgan fingerprint density at radius 1 is 0.727 bits per heavy atom. The molecule has 164 valence electrons. The van der Waals surface area contributed by atoms with Gasteiger partial charge in [0.05, 0.1) is 11.5 Å². The Morgan fingerprint density at radius 2 is 1.24 bits per heavy atom. The molecule has 1 atom stereocenters. The zero-order chi connectivity index (χ0) is 22.9. The van der Waals surface area contributed by atoms with Gasteiger partial charge in [0.15, 0.2) is 0 Å². The summed E-state index contributed by atoms with van der Waals surface area (Å²) >= 11 is 0. The van der Waals surface area contributed by atoms with Crippen LogP contribution in [0.3, 0.4) is 0 Å². The fourth-order valence-corrected chi connectivity index (χ4v) is 6.18. The quantitative estimate of drug-likeness (QED) is 0.211. The van der Waals surface area contributed by atoms with Gasteiger partial charge < -0.3 is 9.53 Å². The van der Waals surface area contributed by atoms with Crippen LogP contribution in [0.1, 0.15) is 15.9 Å². The third-order valence-electron chi connectivity index (χ3n) is 5.36. The van der Waals surface area contributed by atoms with E-state index in [4.69, 9.17) is 4.74 Å². The van der Waals surface area contributed by atoms with Gasteiger partial charge >= 0.3 is 5.97 Å². The second-order valence-corrected chi connectivity index (χ2v) is 9.89. The highest BCUT2D eigenvalue weighted by Crippen LogP contribution is 2.34. The molecule has 0 saturated heterocycles. The number of benzene rings is 4. The van der Waals surface area contributed by atoms with Gasteiger partial charge in [-0.2, -0.15) is 0 Å². The van der Waals surface area contributed by atoms with Gasteiger partial charge in [-0.25, -0.2) is 4.79 Å². The first-order valence-electron chi connectivity index (χ1n) is 10.9. The molecule has 4 aromatic rings. The van der Waals surface area contributed by atoms with Gasteiger partial charge in [0.2, 0.25) is 0 Å². The summed E-state index contributed by atoms with van der Waals surface area (Å²) in [6, 6.07) is 37.9. The van der Waals surface area contributed by atoms with E-state index in [0.717, 1.165) is 27.8 Å². The molecule has 0 N–H and O–H groups in total. The summed E-state index contributed by atoms with van der Waals surface area (Å²) in [7, 11) is -0.939. The number of rotatable bonds is 9. The predicted octanol–water partition coefficient (Wildman–Crippen LogP) is 4.66. The van der Waals surface area contributed by atoms with E-state index in [0.29, 0.717) is 12.0 Å². The van der Waals surface area contributed by atoms with Crippen molar-refractivity contribution in [2.75, 3.05) is 6.61 Å². The van der Waals surface area contributed by atoms with E-state index in [2.05, 4.69) is 24.3 Å². The maximum Gasteiger partial charge on any atom is 0.338 e. The Bertz CT molecular complexity index is 1140. The van der Waals surface area contributed by atoms with Gasteiger partial charge in [-0.05, 0) is 41.9 Å². The molecule has 4 heteroatoms. The Balaban J connectivity index is 1.59. The van der Waals surface area contributed by atoms with E-state index in [1.54, 1.807) is 0 Å². The van der Waals surface area contributed by atoms with Gasteiger partial charge in [0.1, 0.15) is 12.9 Å². The van der Waals surface area contributed by atoms with Crippen molar-refractivity contribution in [2.45, 2.75) is 6.42 Å². The van der Waals surface area contributed by atoms with E-state index in [9.17, 15) is 9.59 Å². The molecule has 0 radical (unpaired) electrons. The third kappa shape index (κ3) is 5.83. The Hall–Kier alpha value is -3.55. The largest absolute Gasteiger partial charge is 0.461 e. The summed E-state index contributed by atoms with van der Waals surface area (Å²) in [4.78, 5) is 24.8. The van der Waals surface area contributed by atoms with E-state index >= 15 is 0 Å². The second-order valence-electron chi connectivity index (χ2n) is 7.71. The lowest BCUT2D eigenvalue weighted by Crippen LogP contribution is -2.27. The van der Waals surface area contributed by atoms with Crippen LogP contribution in [-0.4, -0.2) is 18.9 Å². The van der Waals surface area contributed by atoms with Crippen molar-refractivity contribution in [3.63, 3.8) is 0 Å². The molecule has 0 aliphatic heterocycles. The van der Waals surface area contributed by atoms with E-state index < -0.39 is 13.9 Å². The van der Waals surface area contributed by atoms with Crippen molar-refractivity contribution in [2.24, 2.45) is 5.92 Å². The number of hydrogen-bond donors (Lipinski definition) is 0. The van der Waals surface area contributed by atoms with Crippen molar-refractivity contribution in [3.05, 3.63) is 126 Å². The molecule has 3 nitrogen and oxygen atoms in total. The molecule has 0 bridgehead atoms. The van der Waals surface area contributed by atoms with Crippen molar-refractivity contribution in [1.29, 1.82) is 0 Å². The Morgan fingerprint density at radius 3 is 1.82 bits per heavy atom. The topological polar surface area (TPSA) is 43.4 Å². The number of aldehydes is 1. The van der Waals surface area contributed by atoms with Crippen LogP contribution in [0.4, 0.5) is 0 Å². The summed E-state index contributed by atoms with van der Waals surface area (Å²) < 4.78 is 5.66. The first-order valence-corrected chi connectivity index (χ1v) is 12.3.